The lowest BCUT2D eigenvalue weighted by Gasteiger charge is -2.22. The zero-order chi connectivity index (χ0) is 20.7. The van der Waals surface area contributed by atoms with E-state index in [1.165, 1.54) is 4.90 Å². The van der Waals surface area contributed by atoms with Gasteiger partial charge in [0.05, 0.1) is 20.9 Å². The second kappa shape index (κ2) is 7.04. The molecule has 28 heavy (non-hydrogen) atoms. The number of aromatic nitrogens is 1. The highest BCUT2D eigenvalue weighted by Gasteiger charge is 2.38. The number of halogens is 4. The van der Waals surface area contributed by atoms with Crippen molar-refractivity contribution in [1.29, 1.82) is 0 Å². The Hall–Kier alpha value is -2.69. The molecule has 1 aliphatic heterocycles. The Kier molecular flexibility index (Phi) is 5.04. The zero-order valence-electron chi connectivity index (χ0n) is 14.2. The first-order chi connectivity index (χ1) is 13.1. The van der Waals surface area contributed by atoms with Crippen molar-refractivity contribution in [2.24, 2.45) is 0 Å². The lowest BCUT2D eigenvalue weighted by Crippen LogP contribution is -2.24. The number of anilines is 1. The van der Waals surface area contributed by atoms with Crippen molar-refractivity contribution in [3.05, 3.63) is 41.3 Å². The fraction of sp³-hybridized carbons (Fsp3) is 0.294. The van der Waals surface area contributed by atoms with Crippen LogP contribution in [0.15, 0.2) is 34.2 Å². The predicted octanol–water partition coefficient (Wildman–Crippen LogP) is 3.19. The first-order valence-electron chi connectivity index (χ1n) is 8.10. The smallest absolute Gasteiger partial charge is 0.419 e. The summed E-state index contributed by atoms with van der Waals surface area (Å²) >= 11 is 0. The summed E-state index contributed by atoms with van der Waals surface area (Å²) in [6.45, 7) is 0.738. The summed E-state index contributed by atoms with van der Waals surface area (Å²) < 4.78 is 79.6. The fourth-order valence-electron chi connectivity index (χ4n) is 2.95. The van der Waals surface area contributed by atoms with Gasteiger partial charge in [0.1, 0.15) is 5.82 Å². The minimum atomic E-state index is -4.86. The van der Waals surface area contributed by atoms with Crippen LogP contribution in [-0.4, -0.2) is 37.9 Å². The molecule has 2 heterocycles. The topological polar surface area (TPSA) is 87.6 Å². The number of rotatable bonds is 4. The van der Waals surface area contributed by atoms with Crippen LogP contribution < -0.4 is 4.90 Å². The van der Waals surface area contributed by atoms with E-state index >= 15 is 0 Å². The molecule has 150 valence electrons. The molecule has 1 saturated heterocycles. The molecule has 11 heteroatoms. The third-order valence-electron chi connectivity index (χ3n) is 4.37. The fourth-order valence-corrected chi connectivity index (χ4v) is 4.23. The van der Waals surface area contributed by atoms with E-state index in [0.717, 1.165) is 6.20 Å². The number of pyridine rings is 1. The number of phenols is 1. The highest BCUT2D eigenvalue weighted by Crippen LogP contribution is 2.38. The number of alkyl halides is 3. The molecule has 0 aliphatic carbocycles. The molecule has 0 saturated carbocycles. The molecule has 0 bridgehead atoms. The van der Waals surface area contributed by atoms with Gasteiger partial charge in [-0.15, -0.1) is 0 Å². The van der Waals surface area contributed by atoms with Crippen molar-refractivity contribution < 1.29 is 35.9 Å². The van der Waals surface area contributed by atoms with Crippen molar-refractivity contribution in [3.8, 4) is 5.75 Å². The number of aromatic hydroxyl groups is 1. The van der Waals surface area contributed by atoms with E-state index in [2.05, 4.69) is 4.98 Å². The second-order valence-corrected chi connectivity index (χ2v) is 8.15. The van der Waals surface area contributed by atoms with Gasteiger partial charge in [-0.2, -0.15) is 13.2 Å². The quantitative estimate of drug-likeness (QED) is 0.606. The van der Waals surface area contributed by atoms with Crippen LogP contribution in [0.2, 0.25) is 0 Å². The molecular weight excluding hydrogens is 404 g/mol. The average molecular weight is 418 g/mol. The Balaban J connectivity index is 2.15. The summed E-state index contributed by atoms with van der Waals surface area (Å²) in [4.78, 5) is 14.4. The Morgan fingerprint density at radius 3 is 2.32 bits per heavy atom. The van der Waals surface area contributed by atoms with Gasteiger partial charge < -0.3 is 10.0 Å². The Labute approximate surface area is 157 Å². The van der Waals surface area contributed by atoms with Crippen LogP contribution in [-0.2, 0) is 16.0 Å². The van der Waals surface area contributed by atoms with Crippen LogP contribution in [0.5, 0.6) is 5.75 Å². The largest absolute Gasteiger partial charge is 0.504 e. The summed E-state index contributed by atoms with van der Waals surface area (Å²) in [5.41, 5.74) is -1.86. The van der Waals surface area contributed by atoms with Crippen LogP contribution in [0.25, 0.3) is 0 Å². The van der Waals surface area contributed by atoms with E-state index in [0.29, 0.717) is 44.1 Å². The second-order valence-electron chi connectivity index (χ2n) is 6.20. The van der Waals surface area contributed by atoms with Crippen molar-refractivity contribution in [3.63, 3.8) is 0 Å². The van der Waals surface area contributed by atoms with E-state index in [1.807, 2.05) is 0 Å². The van der Waals surface area contributed by atoms with E-state index in [-0.39, 0.29) is 12.1 Å². The van der Waals surface area contributed by atoms with Crippen LogP contribution >= 0.6 is 0 Å². The van der Waals surface area contributed by atoms with Crippen molar-refractivity contribution in [1.82, 2.24) is 4.98 Å². The van der Waals surface area contributed by atoms with E-state index in [4.69, 9.17) is 0 Å². The molecule has 0 atom stereocenters. The van der Waals surface area contributed by atoms with Gasteiger partial charge in [0.15, 0.2) is 17.9 Å². The third kappa shape index (κ3) is 3.53. The highest BCUT2D eigenvalue weighted by molar-refractivity contribution is 7.91. The normalized spacial score (nSPS) is 15.1. The number of nitrogens with zero attached hydrogens (tertiary/aromatic N) is 2. The van der Waals surface area contributed by atoms with Crippen molar-refractivity contribution in [2.75, 3.05) is 18.0 Å². The van der Waals surface area contributed by atoms with Gasteiger partial charge in [0, 0.05) is 19.3 Å². The molecule has 3 rings (SSSR count). The molecule has 1 aliphatic rings. The lowest BCUT2D eigenvalue weighted by atomic mass is 10.2. The van der Waals surface area contributed by atoms with Crippen LogP contribution in [0.3, 0.4) is 0 Å². The number of hydrogen-bond donors (Lipinski definition) is 1. The van der Waals surface area contributed by atoms with Crippen LogP contribution in [0, 0.1) is 5.82 Å². The Bertz CT molecular complexity index is 1030. The van der Waals surface area contributed by atoms with Gasteiger partial charge in [-0.05, 0) is 31.0 Å². The van der Waals surface area contributed by atoms with Gasteiger partial charge in [-0.25, -0.2) is 17.8 Å². The number of benzene rings is 1. The number of aldehydes is 1. The summed E-state index contributed by atoms with van der Waals surface area (Å²) in [5, 5.41) is 9.40. The van der Waals surface area contributed by atoms with Gasteiger partial charge in [0.25, 0.3) is 0 Å². The monoisotopic (exact) mass is 418 g/mol. The summed E-state index contributed by atoms with van der Waals surface area (Å²) in [5.74, 6) is -2.80. The molecular formula is C17H14F4N2O4S. The number of hydrogen-bond acceptors (Lipinski definition) is 6. The summed E-state index contributed by atoms with van der Waals surface area (Å²) in [7, 11) is -4.62. The molecule has 1 N–H and O–H groups in total. The van der Waals surface area contributed by atoms with E-state index in [1.54, 1.807) is 0 Å². The van der Waals surface area contributed by atoms with Crippen LogP contribution in [0.1, 0.15) is 28.8 Å². The van der Waals surface area contributed by atoms with E-state index in [9.17, 15) is 35.9 Å². The van der Waals surface area contributed by atoms with E-state index < -0.39 is 48.5 Å². The van der Waals surface area contributed by atoms with Gasteiger partial charge in [-0.1, -0.05) is 0 Å². The summed E-state index contributed by atoms with van der Waals surface area (Å²) in [6, 6.07) is 1.56. The minimum absolute atomic E-state index is 0.0350. The minimum Gasteiger partial charge on any atom is -0.504 e. The highest BCUT2D eigenvalue weighted by atomic mass is 32.2. The summed E-state index contributed by atoms with van der Waals surface area (Å²) in [6.07, 6.45) is -2.66. The lowest BCUT2D eigenvalue weighted by molar-refractivity contribution is -0.137. The molecule has 0 amide bonds. The zero-order valence-corrected chi connectivity index (χ0v) is 15.0. The predicted molar refractivity (Wildman–Crippen MR) is 89.6 cm³/mol. The number of carbonyl (C=O) groups is 1. The van der Waals surface area contributed by atoms with Crippen LogP contribution in [0.4, 0.5) is 23.4 Å². The Morgan fingerprint density at radius 2 is 1.75 bits per heavy atom. The number of carbonyl (C=O) groups excluding carboxylic acids is 1. The molecule has 6 nitrogen and oxygen atoms in total. The van der Waals surface area contributed by atoms with Gasteiger partial charge in [0.2, 0.25) is 9.84 Å². The first-order valence-corrected chi connectivity index (χ1v) is 9.59. The molecule has 0 unspecified atom stereocenters. The van der Waals surface area contributed by atoms with Gasteiger partial charge in [-0.3, -0.25) is 4.79 Å². The third-order valence-corrected chi connectivity index (χ3v) is 6.07. The van der Waals surface area contributed by atoms with Crippen molar-refractivity contribution in [2.45, 2.75) is 28.8 Å². The maximum atomic E-state index is 13.7. The standard InChI is InChI=1S/C17H14F4N2O4S/c18-14-7-11(5-10(9-24)15(14)25)28(26,27)12-6-13(17(19,20)21)16(22-8-12)23-3-1-2-4-23/h5-9,25H,1-4H2. The van der Waals surface area contributed by atoms with Crippen molar-refractivity contribution >= 4 is 21.9 Å². The first kappa shape index (κ1) is 20.1. The molecule has 1 aromatic heterocycles. The molecule has 1 aromatic carbocycles. The molecule has 0 radical (unpaired) electrons. The average Bonchev–Trinajstić information content (AvgIpc) is 3.17. The number of phenolic OH excluding ortho intramolecular Hbond substituents is 1. The molecule has 1 fully saturated rings. The maximum Gasteiger partial charge on any atom is 0.419 e. The Morgan fingerprint density at radius 1 is 1.11 bits per heavy atom. The molecule has 0 spiro atoms. The number of sulfone groups is 1. The maximum absolute atomic E-state index is 13.7. The molecule has 2 aromatic rings. The SMILES string of the molecule is O=Cc1cc(S(=O)(=O)c2cnc(N3CCCC3)c(C(F)(F)F)c2)cc(F)c1O. The van der Waals surface area contributed by atoms with Gasteiger partial charge >= 0.3 is 6.18 Å².